The van der Waals surface area contributed by atoms with E-state index >= 15 is 0 Å². The van der Waals surface area contributed by atoms with Crippen molar-refractivity contribution in [3.63, 3.8) is 0 Å². The number of aryl methyl sites for hydroxylation is 1. The Morgan fingerprint density at radius 2 is 2.02 bits per heavy atom. The summed E-state index contributed by atoms with van der Waals surface area (Å²) in [6.45, 7) is 16.0. The van der Waals surface area contributed by atoms with Gasteiger partial charge in [0.1, 0.15) is 5.82 Å². The molecule has 2 aromatic carbocycles. The molecular weight excluding hydrogens is 527 g/mol. The van der Waals surface area contributed by atoms with Gasteiger partial charge in [-0.1, -0.05) is 32.9 Å². The normalized spacial score (nSPS) is 27.9. The molecule has 7 nitrogen and oxygen atoms in total. The van der Waals surface area contributed by atoms with Gasteiger partial charge in [0.25, 0.3) is 5.56 Å². The first-order valence-corrected chi connectivity index (χ1v) is 15.6. The van der Waals surface area contributed by atoms with Crippen molar-refractivity contribution in [1.82, 2.24) is 19.8 Å². The number of hydrogen-bond donors (Lipinski definition) is 2. The van der Waals surface area contributed by atoms with Gasteiger partial charge in [0.15, 0.2) is 5.96 Å². The van der Waals surface area contributed by atoms with E-state index in [2.05, 4.69) is 48.2 Å². The van der Waals surface area contributed by atoms with Crippen LogP contribution in [-0.2, 0) is 6.42 Å². The predicted molar refractivity (Wildman–Crippen MR) is 169 cm³/mol. The number of anilines is 1. The highest BCUT2D eigenvalue weighted by molar-refractivity contribution is 5.96. The number of halogens is 1. The summed E-state index contributed by atoms with van der Waals surface area (Å²) in [5.41, 5.74) is 3.30. The number of guanidine groups is 1. The molecule has 1 saturated heterocycles. The van der Waals surface area contributed by atoms with E-state index in [4.69, 9.17) is 4.99 Å². The highest BCUT2D eigenvalue weighted by Crippen LogP contribution is 2.61. The Labute approximate surface area is 248 Å². The van der Waals surface area contributed by atoms with Crippen LogP contribution in [0.25, 0.3) is 10.9 Å². The third-order valence-electron chi connectivity index (χ3n) is 10.5. The Kier molecular flexibility index (Phi) is 7.62. The van der Waals surface area contributed by atoms with Gasteiger partial charge in [0.2, 0.25) is 0 Å². The molecular formula is C34H45FN6O. The number of piperazine rings is 1. The molecule has 4 fully saturated rings. The topological polar surface area (TPSA) is 74.6 Å². The van der Waals surface area contributed by atoms with Crippen molar-refractivity contribution in [3.05, 3.63) is 70.0 Å². The number of aromatic nitrogens is 2. The first-order valence-electron chi connectivity index (χ1n) is 15.6. The van der Waals surface area contributed by atoms with Crippen molar-refractivity contribution in [3.8, 4) is 0 Å². The molecule has 1 aromatic heterocycles. The number of hydrogen-bond acceptors (Lipinski definition) is 4. The molecule has 2 bridgehead atoms. The maximum atomic E-state index is 14.5. The molecule has 3 aliphatic carbocycles. The number of rotatable bonds is 5. The Hall–Kier alpha value is -3.26. The van der Waals surface area contributed by atoms with Gasteiger partial charge in [-0.05, 0) is 98.6 Å². The lowest BCUT2D eigenvalue weighted by Crippen LogP contribution is -2.57. The van der Waals surface area contributed by atoms with Gasteiger partial charge < -0.3 is 15.5 Å². The highest BCUT2D eigenvalue weighted by Gasteiger charge is 2.56. The lowest BCUT2D eigenvalue weighted by Gasteiger charge is -2.61. The number of benzene rings is 2. The summed E-state index contributed by atoms with van der Waals surface area (Å²) >= 11 is 0. The zero-order chi connectivity index (χ0) is 29.8. The zero-order valence-corrected chi connectivity index (χ0v) is 25.8. The van der Waals surface area contributed by atoms with Crippen LogP contribution in [-0.4, -0.2) is 52.1 Å². The maximum absolute atomic E-state index is 14.5. The lowest BCUT2D eigenvalue weighted by molar-refractivity contribution is -0.108. The fourth-order valence-electron chi connectivity index (χ4n) is 7.66. The van der Waals surface area contributed by atoms with Crippen molar-refractivity contribution < 1.29 is 4.39 Å². The van der Waals surface area contributed by atoms with Gasteiger partial charge in [-0.2, -0.15) is 0 Å². The summed E-state index contributed by atoms with van der Waals surface area (Å²) < 4.78 is 16.1. The minimum atomic E-state index is -0.237. The fraction of sp³-hybridized carbons (Fsp3) is 0.559. The van der Waals surface area contributed by atoms with Gasteiger partial charge in [0, 0.05) is 37.4 Å². The van der Waals surface area contributed by atoms with Gasteiger partial charge in [-0.25, -0.2) is 14.4 Å². The molecule has 6 atom stereocenters. The maximum Gasteiger partial charge on any atom is 0.261 e. The first-order chi connectivity index (χ1) is 20.0. The summed E-state index contributed by atoms with van der Waals surface area (Å²) in [4.78, 5) is 25.9. The summed E-state index contributed by atoms with van der Waals surface area (Å²) in [5, 5.41) is 7.73. The van der Waals surface area contributed by atoms with E-state index in [1.54, 1.807) is 17.0 Å². The number of nitrogens with zero attached hydrogens (tertiary/aromatic N) is 4. The second kappa shape index (κ2) is 11.1. The van der Waals surface area contributed by atoms with Gasteiger partial charge in [-0.3, -0.25) is 9.36 Å². The van der Waals surface area contributed by atoms with Crippen LogP contribution < -0.4 is 16.2 Å². The summed E-state index contributed by atoms with van der Waals surface area (Å²) in [5.74, 6) is 2.70. The van der Waals surface area contributed by atoms with E-state index < -0.39 is 0 Å². The molecule has 3 aromatic rings. The minimum Gasteiger partial charge on any atom is -0.340 e. The highest BCUT2D eigenvalue weighted by atomic mass is 19.1. The Balaban J connectivity index is 1.25. The Morgan fingerprint density at radius 1 is 1.21 bits per heavy atom. The fourth-order valence-corrected chi connectivity index (χ4v) is 7.66. The molecule has 7 rings (SSSR count). The molecule has 0 radical (unpaired) electrons. The van der Waals surface area contributed by atoms with Crippen LogP contribution in [0.3, 0.4) is 0 Å². The van der Waals surface area contributed by atoms with Crippen molar-refractivity contribution in [1.29, 1.82) is 0 Å². The van der Waals surface area contributed by atoms with Crippen LogP contribution in [0, 0.1) is 35.9 Å². The third kappa shape index (κ3) is 5.34. The van der Waals surface area contributed by atoms with Crippen LogP contribution in [0.15, 0.2) is 52.5 Å². The van der Waals surface area contributed by atoms with E-state index in [0.717, 1.165) is 55.1 Å². The molecule has 1 aliphatic heterocycles. The molecule has 0 spiro atoms. The molecule has 0 amide bonds. The van der Waals surface area contributed by atoms with Crippen molar-refractivity contribution in [2.45, 2.75) is 78.9 Å². The second-order valence-electron chi connectivity index (χ2n) is 13.7. The van der Waals surface area contributed by atoms with E-state index in [1.807, 2.05) is 38.1 Å². The van der Waals surface area contributed by atoms with Crippen molar-refractivity contribution in [2.75, 3.05) is 25.0 Å². The molecule has 42 heavy (non-hydrogen) atoms. The molecule has 3 saturated carbocycles. The summed E-state index contributed by atoms with van der Waals surface area (Å²) in [6.07, 6.45) is 4.48. The lowest BCUT2D eigenvalue weighted by atomic mass is 9.45. The van der Waals surface area contributed by atoms with Crippen LogP contribution in [0.4, 0.5) is 10.1 Å². The number of nitrogens with one attached hydrogen (secondary N) is 2. The van der Waals surface area contributed by atoms with Crippen LogP contribution in [0.1, 0.15) is 64.6 Å². The third-order valence-corrected chi connectivity index (χ3v) is 10.5. The molecule has 2 N–H and O–H groups in total. The standard InChI is InChI=1S/C34H45FN6O/c1-20-7-8-24(29(35)13-20)14-22(3)41-19-37-31-17-26(9-10-27(31)32(41)42)38-33(40-12-11-36-21(2)18-40)39-30-16-25-15-28(23(30)4)34(25,5)6/h7-10,13,17,19,21-23,25,28,30,36H,11-12,14-16,18H2,1-6H3,(H,38,39). The SMILES string of the molecule is Cc1ccc(CC(C)n2cnc3cc(NC(=NC4CC5CC(C4C)C5(C)C)N4CCNC(C)C4)ccc3c2=O)c(F)c1. The Bertz CT molecular complexity index is 1560. The zero-order valence-electron chi connectivity index (χ0n) is 25.8. The molecule has 6 unspecified atom stereocenters. The molecule has 224 valence electrons. The van der Waals surface area contributed by atoms with Gasteiger partial charge in [0.05, 0.1) is 23.3 Å². The minimum absolute atomic E-state index is 0.116. The quantitative estimate of drug-likeness (QED) is 0.300. The first kappa shape index (κ1) is 28.8. The summed E-state index contributed by atoms with van der Waals surface area (Å²) in [7, 11) is 0. The average Bonchev–Trinajstić information content (AvgIpc) is 2.95. The smallest absolute Gasteiger partial charge is 0.261 e. The Morgan fingerprint density at radius 3 is 2.74 bits per heavy atom. The van der Waals surface area contributed by atoms with E-state index in [1.165, 1.54) is 12.5 Å². The monoisotopic (exact) mass is 572 g/mol. The molecule has 2 heterocycles. The number of fused-ring (bicyclic) bond motifs is 3. The van der Waals surface area contributed by atoms with E-state index in [0.29, 0.717) is 46.3 Å². The van der Waals surface area contributed by atoms with Gasteiger partial charge >= 0.3 is 0 Å². The van der Waals surface area contributed by atoms with Crippen molar-refractivity contribution in [2.24, 2.45) is 28.2 Å². The van der Waals surface area contributed by atoms with E-state index in [9.17, 15) is 9.18 Å². The largest absolute Gasteiger partial charge is 0.340 e. The molecule has 4 aliphatic rings. The second-order valence-corrected chi connectivity index (χ2v) is 13.7. The molecule has 8 heteroatoms. The van der Waals surface area contributed by atoms with Crippen molar-refractivity contribution >= 4 is 22.5 Å². The average molecular weight is 573 g/mol. The predicted octanol–water partition coefficient (Wildman–Crippen LogP) is 5.78. The van der Waals surface area contributed by atoms with Crippen LogP contribution >= 0.6 is 0 Å². The summed E-state index contributed by atoms with van der Waals surface area (Å²) in [6, 6.07) is 11.4. The van der Waals surface area contributed by atoms with Crippen LogP contribution in [0.2, 0.25) is 0 Å². The van der Waals surface area contributed by atoms with Crippen LogP contribution in [0.5, 0.6) is 0 Å². The van der Waals surface area contributed by atoms with Gasteiger partial charge in [-0.15, -0.1) is 0 Å². The number of aliphatic imine (C=N–C) groups is 1. The van der Waals surface area contributed by atoms with E-state index in [-0.39, 0.29) is 17.4 Å².